The Kier molecular flexibility index (Phi) is 4.02. The Morgan fingerprint density at radius 2 is 1.65 bits per heavy atom. The van der Waals surface area contributed by atoms with Crippen LogP contribution in [0.4, 0.5) is 11.5 Å². The van der Waals surface area contributed by atoms with Crippen molar-refractivity contribution in [3.8, 4) is 5.75 Å². The Bertz CT molecular complexity index is 1000. The van der Waals surface area contributed by atoms with Crippen LogP contribution in [0, 0.1) is 0 Å². The summed E-state index contributed by atoms with van der Waals surface area (Å²) in [6.07, 6.45) is 1.53. The molecule has 0 saturated carbocycles. The molecule has 0 radical (unpaired) electrons. The molecule has 1 aliphatic rings. The lowest BCUT2D eigenvalue weighted by Gasteiger charge is -2.37. The second kappa shape index (κ2) is 6.36. The quantitative estimate of drug-likeness (QED) is 0.699. The van der Waals surface area contributed by atoms with Gasteiger partial charge in [-0.15, -0.1) is 0 Å². The summed E-state index contributed by atoms with van der Waals surface area (Å²) in [5.74, 6) is 1.70. The van der Waals surface area contributed by atoms with Crippen LogP contribution in [0.2, 0.25) is 0 Å². The first-order valence-electron chi connectivity index (χ1n) is 8.61. The van der Waals surface area contributed by atoms with Crippen molar-refractivity contribution in [2.45, 2.75) is 0 Å². The molecule has 1 fully saturated rings. The first-order chi connectivity index (χ1) is 12.6. The van der Waals surface area contributed by atoms with E-state index in [0.717, 1.165) is 49.0 Å². The first kappa shape index (κ1) is 16.4. The van der Waals surface area contributed by atoms with Gasteiger partial charge < -0.3 is 14.5 Å². The zero-order chi connectivity index (χ0) is 18.3. The minimum Gasteiger partial charge on any atom is -0.495 e. The first-order valence-corrected chi connectivity index (χ1v) is 8.61. The van der Waals surface area contributed by atoms with Crippen LogP contribution in [-0.2, 0) is 14.1 Å². The fraction of sp³-hybridized carbons (Fsp3) is 0.389. The lowest BCUT2D eigenvalue weighted by Crippen LogP contribution is -2.47. The van der Waals surface area contributed by atoms with Crippen LogP contribution in [-0.4, -0.2) is 52.4 Å². The van der Waals surface area contributed by atoms with Crippen molar-refractivity contribution in [3.63, 3.8) is 0 Å². The van der Waals surface area contributed by atoms with E-state index in [-0.39, 0.29) is 5.69 Å². The van der Waals surface area contributed by atoms with Crippen molar-refractivity contribution in [2.75, 3.05) is 43.1 Å². The fourth-order valence-electron chi connectivity index (χ4n) is 3.60. The van der Waals surface area contributed by atoms with Crippen LogP contribution in [0.1, 0.15) is 0 Å². The summed E-state index contributed by atoms with van der Waals surface area (Å²) < 4.78 is 8.67. The van der Waals surface area contributed by atoms with Gasteiger partial charge in [-0.05, 0) is 12.1 Å². The van der Waals surface area contributed by atoms with E-state index >= 15 is 0 Å². The largest absolute Gasteiger partial charge is 0.495 e. The van der Waals surface area contributed by atoms with Crippen LogP contribution >= 0.6 is 0 Å². The molecule has 26 heavy (non-hydrogen) atoms. The predicted molar refractivity (Wildman–Crippen MR) is 101 cm³/mol. The van der Waals surface area contributed by atoms with E-state index in [9.17, 15) is 4.79 Å². The van der Waals surface area contributed by atoms with Gasteiger partial charge in [-0.1, -0.05) is 12.1 Å². The number of para-hydroxylation sites is 2. The molecule has 1 aliphatic heterocycles. The SMILES string of the molecule is COc1ccccc1N1CCN(c2ncnc3c2n(C)c(=O)n3C)CC1. The van der Waals surface area contributed by atoms with E-state index in [1.807, 2.05) is 18.2 Å². The van der Waals surface area contributed by atoms with Crippen LogP contribution in [0.5, 0.6) is 5.75 Å². The number of aromatic nitrogens is 4. The highest BCUT2D eigenvalue weighted by molar-refractivity contribution is 5.84. The third kappa shape index (κ3) is 2.49. The maximum atomic E-state index is 12.2. The maximum absolute atomic E-state index is 12.2. The molecular formula is C18H22N6O2. The molecule has 0 aliphatic carbocycles. The van der Waals surface area contributed by atoms with Crippen LogP contribution in [0.3, 0.4) is 0 Å². The van der Waals surface area contributed by atoms with Gasteiger partial charge in [0, 0.05) is 40.3 Å². The second-order valence-electron chi connectivity index (χ2n) is 6.42. The highest BCUT2D eigenvalue weighted by Crippen LogP contribution is 2.30. The number of hydrogen-bond acceptors (Lipinski definition) is 6. The van der Waals surface area contributed by atoms with Crippen LogP contribution in [0.15, 0.2) is 35.4 Å². The summed E-state index contributed by atoms with van der Waals surface area (Å²) in [7, 11) is 5.20. The average molecular weight is 354 g/mol. The van der Waals surface area contributed by atoms with Crippen molar-refractivity contribution < 1.29 is 4.74 Å². The van der Waals surface area contributed by atoms with Crippen molar-refractivity contribution in [1.82, 2.24) is 19.1 Å². The Hall–Kier alpha value is -3.03. The molecule has 0 atom stereocenters. The lowest BCUT2D eigenvalue weighted by molar-refractivity contribution is 0.413. The smallest absolute Gasteiger partial charge is 0.329 e. The molecule has 0 N–H and O–H groups in total. The summed E-state index contributed by atoms with van der Waals surface area (Å²) in [5.41, 5.74) is 2.46. The van der Waals surface area contributed by atoms with Gasteiger partial charge in [-0.25, -0.2) is 14.8 Å². The Morgan fingerprint density at radius 3 is 2.38 bits per heavy atom. The van der Waals surface area contributed by atoms with E-state index in [1.54, 1.807) is 30.3 Å². The molecule has 0 unspecified atom stereocenters. The van der Waals surface area contributed by atoms with E-state index in [2.05, 4.69) is 25.8 Å². The highest BCUT2D eigenvalue weighted by atomic mass is 16.5. The number of piperazine rings is 1. The van der Waals surface area contributed by atoms with Gasteiger partial charge in [0.15, 0.2) is 11.5 Å². The monoisotopic (exact) mass is 354 g/mol. The van der Waals surface area contributed by atoms with Gasteiger partial charge in [-0.3, -0.25) is 9.13 Å². The number of fused-ring (bicyclic) bond motifs is 1. The molecule has 3 aromatic rings. The average Bonchev–Trinajstić information content (AvgIpc) is 2.92. The summed E-state index contributed by atoms with van der Waals surface area (Å²) in [6, 6.07) is 8.07. The molecule has 0 bridgehead atoms. The van der Waals surface area contributed by atoms with E-state index < -0.39 is 0 Å². The van der Waals surface area contributed by atoms with Crippen molar-refractivity contribution >= 4 is 22.7 Å². The van der Waals surface area contributed by atoms with Crippen molar-refractivity contribution in [1.29, 1.82) is 0 Å². The molecule has 136 valence electrons. The van der Waals surface area contributed by atoms with Crippen LogP contribution in [0.25, 0.3) is 11.2 Å². The predicted octanol–water partition coefficient (Wildman–Crippen LogP) is 1.00. The number of anilines is 2. The number of ether oxygens (including phenoxy) is 1. The normalized spacial score (nSPS) is 14.9. The van der Waals surface area contributed by atoms with Gasteiger partial charge >= 0.3 is 5.69 Å². The third-order valence-electron chi connectivity index (χ3n) is 5.02. The number of nitrogens with zero attached hydrogens (tertiary/aromatic N) is 6. The molecule has 3 heterocycles. The molecule has 1 aromatic carbocycles. The number of aryl methyl sites for hydroxylation is 2. The van der Waals surface area contributed by atoms with Crippen molar-refractivity contribution in [3.05, 3.63) is 41.1 Å². The summed E-state index contributed by atoms with van der Waals surface area (Å²) in [6.45, 7) is 3.33. The van der Waals surface area contributed by atoms with E-state index in [1.165, 1.54) is 6.33 Å². The minimum atomic E-state index is -0.0885. The molecule has 8 heteroatoms. The molecule has 0 amide bonds. The number of methoxy groups -OCH3 is 1. The topological polar surface area (TPSA) is 68.4 Å². The Balaban J connectivity index is 1.62. The molecular weight excluding hydrogens is 332 g/mol. The molecule has 1 saturated heterocycles. The number of rotatable bonds is 3. The molecule has 2 aromatic heterocycles. The van der Waals surface area contributed by atoms with E-state index in [0.29, 0.717) is 5.65 Å². The second-order valence-corrected chi connectivity index (χ2v) is 6.42. The van der Waals surface area contributed by atoms with Gasteiger partial charge in [0.1, 0.15) is 17.6 Å². The van der Waals surface area contributed by atoms with Gasteiger partial charge in [0.25, 0.3) is 0 Å². The number of imidazole rings is 1. The standard InChI is InChI=1S/C18H22N6O2/c1-21-15-16(22(2)18(21)25)19-12-20-17(15)24-10-8-23(9-11-24)13-6-4-5-7-14(13)26-3/h4-7,12H,8-11H2,1-3H3. The maximum Gasteiger partial charge on any atom is 0.329 e. The van der Waals surface area contributed by atoms with Crippen LogP contribution < -0.4 is 20.2 Å². The zero-order valence-electron chi connectivity index (χ0n) is 15.2. The molecule has 0 spiro atoms. The number of hydrogen-bond donors (Lipinski definition) is 0. The minimum absolute atomic E-state index is 0.0885. The van der Waals surface area contributed by atoms with E-state index in [4.69, 9.17) is 4.74 Å². The molecule has 4 rings (SSSR count). The highest BCUT2D eigenvalue weighted by Gasteiger charge is 2.24. The van der Waals surface area contributed by atoms with Gasteiger partial charge in [0.2, 0.25) is 0 Å². The summed E-state index contributed by atoms with van der Waals surface area (Å²) in [4.78, 5) is 25.5. The fourth-order valence-corrected chi connectivity index (χ4v) is 3.60. The number of benzene rings is 1. The van der Waals surface area contributed by atoms with Gasteiger partial charge in [-0.2, -0.15) is 0 Å². The summed E-state index contributed by atoms with van der Waals surface area (Å²) >= 11 is 0. The Labute approximate surface area is 151 Å². The van der Waals surface area contributed by atoms with Gasteiger partial charge in [0.05, 0.1) is 12.8 Å². The summed E-state index contributed by atoms with van der Waals surface area (Å²) in [5, 5.41) is 0. The zero-order valence-corrected chi connectivity index (χ0v) is 15.2. The molecule has 8 nitrogen and oxygen atoms in total. The Morgan fingerprint density at radius 1 is 0.962 bits per heavy atom. The van der Waals surface area contributed by atoms with Crippen molar-refractivity contribution in [2.24, 2.45) is 14.1 Å². The third-order valence-corrected chi connectivity index (χ3v) is 5.02. The lowest BCUT2D eigenvalue weighted by atomic mass is 10.2.